The number of Topliss-reactive ketones (excluding diaryl/α,β-unsaturated/α-hetero) is 1. The number of likely N-dealkylation sites (N-methyl/N-ethyl adjacent to an activating group) is 1. The van der Waals surface area contributed by atoms with Crippen LogP contribution < -0.4 is 4.90 Å². The first-order valence-corrected chi connectivity index (χ1v) is 11.9. The second kappa shape index (κ2) is 11.0. The van der Waals surface area contributed by atoms with Crippen LogP contribution in [0.2, 0.25) is 10.0 Å². The lowest BCUT2D eigenvalue weighted by Crippen LogP contribution is -2.39. The zero-order valence-corrected chi connectivity index (χ0v) is 20.8. The van der Waals surface area contributed by atoms with Crippen molar-refractivity contribution in [3.63, 3.8) is 0 Å². The van der Waals surface area contributed by atoms with Crippen molar-refractivity contribution in [1.29, 1.82) is 0 Å². The summed E-state index contributed by atoms with van der Waals surface area (Å²) in [6.07, 6.45) is 0.0708. The highest BCUT2D eigenvalue weighted by Gasteiger charge is 2.41. The van der Waals surface area contributed by atoms with Crippen molar-refractivity contribution in [2.24, 2.45) is 0 Å². The van der Waals surface area contributed by atoms with E-state index in [1.54, 1.807) is 0 Å². The second-order valence-electron chi connectivity index (χ2n) is 8.36. The Bertz CT molecular complexity index is 1310. The number of ketones is 1. The molecule has 1 fully saturated rings. The van der Waals surface area contributed by atoms with E-state index in [-0.39, 0.29) is 34.4 Å². The summed E-state index contributed by atoms with van der Waals surface area (Å²) < 4.78 is 5.11. The number of halogens is 2. The average Bonchev–Trinajstić information content (AvgIpc) is 3.16. The summed E-state index contributed by atoms with van der Waals surface area (Å²) in [7, 11) is 1.81. The van der Waals surface area contributed by atoms with Crippen LogP contribution in [-0.2, 0) is 20.9 Å². The van der Waals surface area contributed by atoms with E-state index in [1.807, 2.05) is 42.3 Å². The maximum atomic E-state index is 13.0. The van der Waals surface area contributed by atoms with E-state index in [9.17, 15) is 19.2 Å². The molecule has 3 aromatic carbocycles. The molecule has 0 aromatic heterocycles. The quantitative estimate of drug-likeness (QED) is 0.239. The number of amides is 2. The van der Waals surface area contributed by atoms with Gasteiger partial charge in [0.2, 0.25) is 11.7 Å². The third kappa shape index (κ3) is 5.65. The largest absolute Gasteiger partial charge is 0.454 e. The van der Waals surface area contributed by atoms with Gasteiger partial charge in [-0.1, -0.05) is 53.5 Å². The molecular weight excluding hydrogens is 503 g/mol. The molecule has 0 bridgehead atoms. The van der Waals surface area contributed by atoms with E-state index < -0.39 is 24.4 Å². The average molecular weight is 525 g/mol. The molecule has 1 aliphatic heterocycles. The molecule has 184 valence electrons. The Morgan fingerprint density at radius 3 is 2.36 bits per heavy atom. The lowest BCUT2D eigenvalue weighted by atomic mass is 10.1. The van der Waals surface area contributed by atoms with Crippen LogP contribution in [0.4, 0.5) is 5.69 Å². The van der Waals surface area contributed by atoms with Crippen LogP contribution in [0, 0.1) is 0 Å². The molecule has 0 saturated carbocycles. The number of rotatable bonds is 8. The first kappa shape index (κ1) is 25.6. The molecular formula is C27H22Cl2N2O5. The number of carbonyl (C=O) groups is 4. The highest BCUT2D eigenvalue weighted by Crippen LogP contribution is 2.27. The fourth-order valence-corrected chi connectivity index (χ4v) is 4.48. The summed E-state index contributed by atoms with van der Waals surface area (Å²) in [6, 6.07) is 19.4. The van der Waals surface area contributed by atoms with Gasteiger partial charge in [-0.05, 0) is 55.1 Å². The number of ether oxygens (including phenoxy) is 1. The number of anilines is 1. The molecule has 7 nitrogen and oxygen atoms in total. The molecule has 3 aromatic rings. The van der Waals surface area contributed by atoms with E-state index in [4.69, 9.17) is 27.9 Å². The first-order valence-electron chi connectivity index (χ1n) is 11.1. The summed E-state index contributed by atoms with van der Waals surface area (Å²) in [6.45, 7) is 0.0313. The molecule has 0 N–H and O–H groups in total. The first-order chi connectivity index (χ1) is 17.2. The molecule has 1 heterocycles. The fourth-order valence-electron chi connectivity index (χ4n) is 3.97. The van der Waals surface area contributed by atoms with Gasteiger partial charge in [0.25, 0.3) is 5.91 Å². The van der Waals surface area contributed by atoms with Gasteiger partial charge in [0.15, 0.2) is 6.61 Å². The summed E-state index contributed by atoms with van der Waals surface area (Å²) in [5.41, 5.74) is 1.77. The topological polar surface area (TPSA) is 84.0 Å². The Kier molecular flexibility index (Phi) is 7.84. The Hall–Kier alpha value is -3.52. The molecule has 1 saturated heterocycles. The SMILES string of the molecule is CN(Cc1ccccc1)C1CC(=O)N(c2ccc(C(=O)OCC(=O)c3ccc(Cl)cc3Cl)cc2)C1=O. The van der Waals surface area contributed by atoms with Gasteiger partial charge in [-0.3, -0.25) is 19.3 Å². The Morgan fingerprint density at radius 1 is 1.00 bits per heavy atom. The van der Waals surface area contributed by atoms with E-state index in [2.05, 4.69) is 0 Å². The van der Waals surface area contributed by atoms with Crippen LogP contribution in [0.3, 0.4) is 0 Å². The van der Waals surface area contributed by atoms with Gasteiger partial charge in [0, 0.05) is 17.1 Å². The van der Waals surface area contributed by atoms with Crippen molar-refractivity contribution < 1.29 is 23.9 Å². The van der Waals surface area contributed by atoms with E-state index in [1.165, 1.54) is 42.5 Å². The highest BCUT2D eigenvalue weighted by molar-refractivity contribution is 6.36. The summed E-state index contributed by atoms with van der Waals surface area (Å²) in [5.74, 6) is -1.83. The van der Waals surface area contributed by atoms with Crippen LogP contribution in [0.15, 0.2) is 72.8 Å². The van der Waals surface area contributed by atoms with Gasteiger partial charge >= 0.3 is 5.97 Å². The van der Waals surface area contributed by atoms with Crippen molar-refractivity contribution in [2.75, 3.05) is 18.6 Å². The van der Waals surface area contributed by atoms with Crippen molar-refractivity contribution in [3.05, 3.63) is 99.5 Å². The van der Waals surface area contributed by atoms with Crippen LogP contribution in [0.5, 0.6) is 0 Å². The van der Waals surface area contributed by atoms with Crippen molar-refractivity contribution >= 4 is 52.5 Å². The number of hydrogen-bond acceptors (Lipinski definition) is 6. The van der Waals surface area contributed by atoms with Gasteiger partial charge < -0.3 is 4.74 Å². The number of esters is 1. The van der Waals surface area contributed by atoms with E-state index in [0.717, 1.165) is 10.5 Å². The van der Waals surface area contributed by atoms with Gasteiger partial charge in [0.05, 0.1) is 28.7 Å². The van der Waals surface area contributed by atoms with Crippen LogP contribution >= 0.6 is 23.2 Å². The molecule has 2 amide bonds. The minimum Gasteiger partial charge on any atom is -0.454 e. The summed E-state index contributed by atoms with van der Waals surface area (Å²) in [4.78, 5) is 53.4. The van der Waals surface area contributed by atoms with Gasteiger partial charge in [0.1, 0.15) is 0 Å². The number of imide groups is 1. The third-order valence-electron chi connectivity index (χ3n) is 5.86. The van der Waals surface area contributed by atoms with Crippen LogP contribution in [0.1, 0.15) is 32.7 Å². The van der Waals surface area contributed by atoms with Crippen molar-refractivity contribution in [2.45, 2.75) is 19.0 Å². The monoisotopic (exact) mass is 524 g/mol. The zero-order chi connectivity index (χ0) is 25.8. The molecule has 36 heavy (non-hydrogen) atoms. The summed E-state index contributed by atoms with van der Waals surface area (Å²) in [5, 5.41) is 0.554. The highest BCUT2D eigenvalue weighted by atomic mass is 35.5. The minimum absolute atomic E-state index is 0.0708. The molecule has 4 rings (SSSR count). The van der Waals surface area contributed by atoms with Gasteiger partial charge in [-0.2, -0.15) is 0 Å². The van der Waals surface area contributed by atoms with Crippen molar-refractivity contribution in [1.82, 2.24) is 4.90 Å². The number of nitrogens with zero attached hydrogens (tertiary/aromatic N) is 2. The zero-order valence-electron chi connectivity index (χ0n) is 19.3. The number of carbonyl (C=O) groups excluding carboxylic acids is 4. The van der Waals surface area contributed by atoms with Gasteiger partial charge in [-0.15, -0.1) is 0 Å². The molecule has 0 radical (unpaired) electrons. The fraction of sp³-hybridized carbons (Fsp3) is 0.185. The van der Waals surface area contributed by atoms with Crippen molar-refractivity contribution in [3.8, 4) is 0 Å². The number of hydrogen-bond donors (Lipinski definition) is 0. The Balaban J connectivity index is 1.38. The molecule has 0 aliphatic carbocycles. The van der Waals surface area contributed by atoms with Crippen LogP contribution in [-0.4, -0.2) is 48.2 Å². The third-order valence-corrected chi connectivity index (χ3v) is 6.40. The van der Waals surface area contributed by atoms with E-state index in [0.29, 0.717) is 17.3 Å². The normalized spacial score (nSPS) is 15.4. The standard InChI is InChI=1S/C27H22Cl2N2O5/c1-30(15-17-5-3-2-4-6-17)23-14-25(33)31(26(23)34)20-10-7-18(8-11-20)27(35)36-16-24(32)21-12-9-19(28)13-22(21)29/h2-13,23H,14-16H2,1H3. The number of benzene rings is 3. The maximum absolute atomic E-state index is 13.0. The van der Waals surface area contributed by atoms with Gasteiger partial charge in [-0.25, -0.2) is 9.69 Å². The lowest BCUT2D eigenvalue weighted by molar-refractivity contribution is -0.122. The molecule has 1 aliphatic rings. The maximum Gasteiger partial charge on any atom is 0.338 e. The Morgan fingerprint density at radius 2 is 1.69 bits per heavy atom. The molecule has 1 atom stereocenters. The Labute approximate surface area is 218 Å². The smallest absolute Gasteiger partial charge is 0.338 e. The molecule has 1 unspecified atom stereocenters. The predicted octanol–water partition coefficient (Wildman–Crippen LogP) is 4.80. The summed E-state index contributed by atoms with van der Waals surface area (Å²) >= 11 is 11.9. The lowest BCUT2D eigenvalue weighted by Gasteiger charge is -2.23. The minimum atomic E-state index is -0.723. The second-order valence-corrected chi connectivity index (χ2v) is 9.20. The van der Waals surface area contributed by atoms with E-state index >= 15 is 0 Å². The van der Waals surface area contributed by atoms with Crippen LogP contribution in [0.25, 0.3) is 0 Å². The molecule has 0 spiro atoms. The predicted molar refractivity (Wildman–Crippen MR) is 136 cm³/mol. The molecule has 9 heteroatoms.